The largest absolute Gasteiger partial charge is 0.364 e. The Morgan fingerprint density at radius 2 is 2.00 bits per heavy atom. The van der Waals surface area contributed by atoms with Gasteiger partial charge in [-0.25, -0.2) is 0 Å². The van der Waals surface area contributed by atoms with Crippen LogP contribution in [0.1, 0.15) is 52.9 Å². The highest BCUT2D eigenvalue weighted by atomic mass is 35.5. The molecule has 0 aromatic rings. The first-order valence-corrected chi connectivity index (χ1v) is 8.04. The lowest BCUT2D eigenvalue weighted by Crippen LogP contribution is -2.49. The lowest BCUT2D eigenvalue weighted by molar-refractivity contribution is -0.133. The van der Waals surface area contributed by atoms with Crippen molar-refractivity contribution in [2.45, 2.75) is 71.1 Å². The Labute approximate surface area is 134 Å². The van der Waals surface area contributed by atoms with Gasteiger partial charge in [0.1, 0.15) is 6.10 Å². The summed E-state index contributed by atoms with van der Waals surface area (Å²) in [6.07, 6.45) is 5.17. The van der Waals surface area contributed by atoms with Gasteiger partial charge in [0.25, 0.3) is 0 Å². The smallest absolute Gasteiger partial charge is 0.249 e. The minimum absolute atomic E-state index is 0. The van der Waals surface area contributed by atoms with Crippen LogP contribution in [0.3, 0.4) is 0 Å². The third-order valence-electron chi connectivity index (χ3n) is 6.77. The molecule has 3 fully saturated rings. The molecule has 4 nitrogen and oxygen atoms in total. The molecular weight excluding hydrogens is 288 g/mol. The lowest BCUT2D eigenvalue weighted by Gasteiger charge is -2.39. The normalized spacial score (nSPS) is 43.6. The summed E-state index contributed by atoms with van der Waals surface area (Å²) in [6.45, 7) is 7.60. The zero-order valence-electron chi connectivity index (χ0n) is 13.4. The zero-order chi connectivity index (χ0) is 14.5. The van der Waals surface area contributed by atoms with E-state index in [0.717, 1.165) is 25.2 Å². The molecule has 3 N–H and O–H groups in total. The summed E-state index contributed by atoms with van der Waals surface area (Å²) >= 11 is 0. The Kier molecular flexibility index (Phi) is 4.63. The molecule has 5 heteroatoms. The third kappa shape index (κ3) is 2.49. The van der Waals surface area contributed by atoms with Crippen LogP contribution in [0.2, 0.25) is 0 Å². The highest BCUT2D eigenvalue weighted by molar-refractivity contribution is 5.85. The standard InChI is InChI=1S/C16H28N2O2.ClH/c1-15(2)10-6-7-16(15,3)13(8-10)18-14(19)12-5-4-11(9-17)20-12;/h10-13H,4-9,17H2,1-3H3,(H,18,19);1H/t10?,11-,12+,13?,16?;/m1./s1. The number of carbonyl (C=O) groups is 1. The number of fused-ring (bicyclic) bond motifs is 2. The van der Waals surface area contributed by atoms with E-state index in [1.54, 1.807) is 0 Å². The van der Waals surface area contributed by atoms with Crippen molar-refractivity contribution in [1.29, 1.82) is 0 Å². The summed E-state index contributed by atoms with van der Waals surface area (Å²) in [5.74, 6) is 0.828. The maximum Gasteiger partial charge on any atom is 0.249 e. The fourth-order valence-electron chi connectivity index (χ4n) is 4.76. The fourth-order valence-corrected chi connectivity index (χ4v) is 4.76. The first kappa shape index (κ1) is 17.0. The van der Waals surface area contributed by atoms with Crippen molar-refractivity contribution < 1.29 is 9.53 Å². The molecule has 0 spiro atoms. The molecule has 0 aromatic heterocycles. The molecular formula is C16H29ClN2O2. The van der Waals surface area contributed by atoms with E-state index in [1.165, 1.54) is 12.8 Å². The van der Waals surface area contributed by atoms with Crippen LogP contribution in [0.5, 0.6) is 0 Å². The van der Waals surface area contributed by atoms with Gasteiger partial charge < -0.3 is 15.8 Å². The lowest BCUT2D eigenvalue weighted by atomic mass is 9.69. The summed E-state index contributed by atoms with van der Waals surface area (Å²) in [6, 6.07) is 0.310. The monoisotopic (exact) mass is 316 g/mol. The van der Waals surface area contributed by atoms with Crippen molar-refractivity contribution in [1.82, 2.24) is 5.32 Å². The topological polar surface area (TPSA) is 64.4 Å². The van der Waals surface area contributed by atoms with Gasteiger partial charge in [0.2, 0.25) is 5.91 Å². The van der Waals surface area contributed by atoms with E-state index in [2.05, 4.69) is 26.1 Å². The van der Waals surface area contributed by atoms with Crippen LogP contribution in [-0.2, 0) is 9.53 Å². The number of amides is 1. The molecule has 1 heterocycles. The molecule has 5 atom stereocenters. The van der Waals surface area contributed by atoms with E-state index < -0.39 is 0 Å². The molecule has 1 saturated heterocycles. The van der Waals surface area contributed by atoms with Gasteiger partial charge in [-0.2, -0.15) is 0 Å². The van der Waals surface area contributed by atoms with Gasteiger partial charge in [-0.3, -0.25) is 4.79 Å². The van der Waals surface area contributed by atoms with Crippen molar-refractivity contribution in [3.05, 3.63) is 0 Å². The Balaban J connectivity index is 0.00000161. The predicted octanol–water partition coefficient (Wildman–Crippen LogP) is 2.25. The van der Waals surface area contributed by atoms with E-state index in [0.29, 0.717) is 18.0 Å². The summed E-state index contributed by atoms with van der Waals surface area (Å²) in [5.41, 5.74) is 6.18. The molecule has 2 aliphatic carbocycles. The summed E-state index contributed by atoms with van der Waals surface area (Å²) in [5, 5.41) is 3.29. The van der Waals surface area contributed by atoms with Gasteiger partial charge in [0.05, 0.1) is 6.10 Å². The number of hydrogen-bond donors (Lipinski definition) is 2. The number of carbonyl (C=O) groups excluding carboxylic acids is 1. The summed E-state index contributed by atoms with van der Waals surface area (Å²) < 4.78 is 5.71. The second kappa shape index (κ2) is 5.71. The van der Waals surface area contributed by atoms with E-state index >= 15 is 0 Å². The maximum atomic E-state index is 12.4. The minimum atomic E-state index is -0.283. The molecule has 2 saturated carbocycles. The first-order chi connectivity index (χ1) is 9.38. The van der Waals surface area contributed by atoms with Gasteiger partial charge in [0, 0.05) is 12.6 Å². The van der Waals surface area contributed by atoms with E-state index in [9.17, 15) is 4.79 Å². The van der Waals surface area contributed by atoms with E-state index in [-0.39, 0.29) is 35.9 Å². The van der Waals surface area contributed by atoms with Crippen LogP contribution >= 0.6 is 12.4 Å². The molecule has 3 unspecified atom stereocenters. The van der Waals surface area contributed by atoms with Crippen LogP contribution < -0.4 is 11.1 Å². The fraction of sp³-hybridized carbons (Fsp3) is 0.938. The minimum Gasteiger partial charge on any atom is -0.364 e. The van der Waals surface area contributed by atoms with Crippen molar-refractivity contribution in [3.8, 4) is 0 Å². The molecule has 1 amide bonds. The van der Waals surface area contributed by atoms with Crippen molar-refractivity contribution >= 4 is 18.3 Å². The Bertz CT molecular complexity index is 415. The van der Waals surface area contributed by atoms with Gasteiger partial charge in [-0.05, 0) is 48.9 Å². The predicted molar refractivity (Wildman–Crippen MR) is 85.4 cm³/mol. The number of hydrogen-bond acceptors (Lipinski definition) is 3. The van der Waals surface area contributed by atoms with Crippen LogP contribution in [0.4, 0.5) is 0 Å². The van der Waals surface area contributed by atoms with Gasteiger partial charge in [-0.1, -0.05) is 20.8 Å². The molecule has 3 rings (SSSR count). The highest BCUT2D eigenvalue weighted by Crippen LogP contribution is 2.65. The van der Waals surface area contributed by atoms with Crippen LogP contribution in [0, 0.1) is 16.7 Å². The first-order valence-electron chi connectivity index (χ1n) is 8.04. The van der Waals surface area contributed by atoms with E-state index in [1.807, 2.05) is 0 Å². The zero-order valence-corrected chi connectivity index (χ0v) is 14.2. The van der Waals surface area contributed by atoms with Crippen LogP contribution in [0.15, 0.2) is 0 Å². The number of ether oxygens (including phenoxy) is 1. The number of halogens is 1. The Morgan fingerprint density at radius 3 is 2.48 bits per heavy atom. The Hall–Kier alpha value is -0.320. The molecule has 3 aliphatic rings. The van der Waals surface area contributed by atoms with Crippen molar-refractivity contribution in [3.63, 3.8) is 0 Å². The second-order valence-electron chi connectivity index (χ2n) is 7.73. The van der Waals surface area contributed by atoms with Gasteiger partial charge >= 0.3 is 0 Å². The summed E-state index contributed by atoms with van der Waals surface area (Å²) in [4.78, 5) is 12.4. The SMILES string of the molecule is CC1(C)C2CCC1(C)C(NC(=O)[C@@H]1CC[C@H](CN)O1)C2.Cl. The molecule has 2 bridgehead atoms. The summed E-state index contributed by atoms with van der Waals surface area (Å²) in [7, 11) is 0. The molecule has 122 valence electrons. The second-order valence-corrected chi connectivity index (χ2v) is 7.73. The molecule has 0 aromatic carbocycles. The number of nitrogens with one attached hydrogen (secondary N) is 1. The third-order valence-corrected chi connectivity index (χ3v) is 6.77. The van der Waals surface area contributed by atoms with Crippen LogP contribution in [0.25, 0.3) is 0 Å². The molecule has 21 heavy (non-hydrogen) atoms. The number of rotatable bonds is 3. The molecule has 0 radical (unpaired) electrons. The van der Waals surface area contributed by atoms with Crippen molar-refractivity contribution in [2.24, 2.45) is 22.5 Å². The van der Waals surface area contributed by atoms with Gasteiger partial charge in [-0.15, -0.1) is 12.4 Å². The van der Waals surface area contributed by atoms with Crippen molar-refractivity contribution in [2.75, 3.05) is 6.54 Å². The molecule has 1 aliphatic heterocycles. The Morgan fingerprint density at radius 1 is 1.29 bits per heavy atom. The maximum absolute atomic E-state index is 12.4. The quantitative estimate of drug-likeness (QED) is 0.839. The van der Waals surface area contributed by atoms with Crippen LogP contribution in [-0.4, -0.2) is 30.7 Å². The highest BCUT2D eigenvalue weighted by Gasteiger charge is 2.61. The van der Waals surface area contributed by atoms with Gasteiger partial charge in [0.15, 0.2) is 0 Å². The number of nitrogens with two attached hydrogens (primary N) is 1. The average Bonchev–Trinajstić information content (AvgIpc) is 3.01. The van der Waals surface area contributed by atoms with E-state index in [4.69, 9.17) is 10.5 Å². The average molecular weight is 317 g/mol.